The Balaban J connectivity index is 2.64. The van der Waals surface area contributed by atoms with E-state index in [0.717, 1.165) is 16.7 Å². The van der Waals surface area contributed by atoms with Gasteiger partial charge in [0.1, 0.15) is 5.69 Å². The Morgan fingerprint density at radius 1 is 1.46 bits per heavy atom. The van der Waals surface area contributed by atoms with E-state index in [-0.39, 0.29) is 6.04 Å². The third-order valence-corrected chi connectivity index (χ3v) is 1.98. The fourth-order valence-corrected chi connectivity index (χ4v) is 1.26. The second-order valence-corrected chi connectivity index (χ2v) is 2.83. The summed E-state index contributed by atoms with van der Waals surface area (Å²) >= 11 is 0. The number of benzene rings is 1. The molecule has 1 heterocycles. The van der Waals surface area contributed by atoms with Crippen LogP contribution in [0.15, 0.2) is 41.4 Å². The van der Waals surface area contributed by atoms with Crippen LogP contribution in [-0.4, -0.2) is 5.16 Å². The van der Waals surface area contributed by atoms with Gasteiger partial charge in [0.2, 0.25) is 0 Å². The Morgan fingerprint density at radius 3 is 3.00 bits per heavy atom. The van der Waals surface area contributed by atoms with Crippen LogP contribution in [0.5, 0.6) is 0 Å². The van der Waals surface area contributed by atoms with Crippen LogP contribution in [0.25, 0.3) is 11.0 Å². The van der Waals surface area contributed by atoms with Gasteiger partial charge in [-0.2, -0.15) is 0 Å². The smallest absolute Gasteiger partial charge is 0.167 e. The van der Waals surface area contributed by atoms with Gasteiger partial charge in [-0.05, 0) is 12.1 Å². The number of hydrogen-bond donors (Lipinski definition) is 1. The third kappa shape index (κ3) is 1.23. The standard InChI is InChI=1S/C10H10N2O/c1-2-8(11)10-7-5-3-4-6-9(7)13-12-10/h2-6,8H,1,11H2. The van der Waals surface area contributed by atoms with Crippen molar-refractivity contribution in [3.05, 3.63) is 42.6 Å². The maximum atomic E-state index is 5.76. The van der Waals surface area contributed by atoms with Gasteiger partial charge in [0.15, 0.2) is 5.58 Å². The highest BCUT2D eigenvalue weighted by atomic mass is 16.5. The van der Waals surface area contributed by atoms with Gasteiger partial charge in [-0.1, -0.05) is 23.4 Å². The Hall–Kier alpha value is -1.61. The molecular weight excluding hydrogens is 164 g/mol. The highest BCUT2D eigenvalue weighted by molar-refractivity contribution is 5.79. The number of para-hydroxylation sites is 1. The topological polar surface area (TPSA) is 52.0 Å². The molecule has 1 aromatic carbocycles. The first-order valence-electron chi connectivity index (χ1n) is 4.05. The Kier molecular flexibility index (Phi) is 1.87. The highest BCUT2D eigenvalue weighted by Crippen LogP contribution is 2.22. The lowest BCUT2D eigenvalue weighted by atomic mass is 10.1. The summed E-state index contributed by atoms with van der Waals surface area (Å²) in [4.78, 5) is 0. The Labute approximate surface area is 75.8 Å². The van der Waals surface area contributed by atoms with E-state index in [4.69, 9.17) is 10.3 Å². The molecule has 0 aliphatic heterocycles. The lowest BCUT2D eigenvalue weighted by Crippen LogP contribution is -2.06. The number of hydrogen-bond acceptors (Lipinski definition) is 3. The van der Waals surface area contributed by atoms with E-state index in [0.29, 0.717) is 0 Å². The second kappa shape index (κ2) is 3.03. The van der Waals surface area contributed by atoms with Gasteiger partial charge in [-0.25, -0.2) is 0 Å². The van der Waals surface area contributed by atoms with Gasteiger partial charge in [0, 0.05) is 5.39 Å². The highest BCUT2D eigenvalue weighted by Gasteiger charge is 2.11. The van der Waals surface area contributed by atoms with Crippen LogP contribution in [0.2, 0.25) is 0 Å². The van der Waals surface area contributed by atoms with Gasteiger partial charge in [-0.3, -0.25) is 0 Å². The second-order valence-electron chi connectivity index (χ2n) is 2.83. The van der Waals surface area contributed by atoms with Gasteiger partial charge in [0.05, 0.1) is 6.04 Å². The molecule has 0 spiro atoms. The molecule has 0 bridgehead atoms. The van der Waals surface area contributed by atoms with E-state index < -0.39 is 0 Å². The van der Waals surface area contributed by atoms with Crippen molar-refractivity contribution in [3.63, 3.8) is 0 Å². The fraction of sp³-hybridized carbons (Fsp3) is 0.100. The molecule has 13 heavy (non-hydrogen) atoms. The number of nitrogens with two attached hydrogens (primary N) is 1. The minimum atomic E-state index is -0.261. The van der Waals surface area contributed by atoms with E-state index in [2.05, 4.69) is 11.7 Å². The normalized spacial score (nSPS) is 13.0. The molecule has 3 nitrogen and oxygen atoms in total. The van der Waals surface area contributed by atoms with Crippen LogP contribution in [0.4, 0.5) is 0 Å². The molecule has 2 N–H and O–H groups in total. The zero-order valence-electron chi connectivity index (χ0n) is 7.10. The molecule has 66 valence electrons. The van der Waals surface area contributed by atoms with Crippen molar-refractivity contribution < 1.29 is 4.52 Å². The molecule has 0 saturated carbocycles. The van der Waals surface area contributed by atoms with Crippen molar-refractivity contribution in [2.45, 2.75) is 6.04 Å². The SMILES string of the molecule is C=CC(N)c1noc2ccccc12. The molecule has 1 aromatic heterocycles. The largest absolute Gasteiger partial charge is 0.356 e. The summed E-state index contributed by atoms with van der Waals surface area (Å²) in [5.74, 6) is 0. The molecule has 0 fully saturated rings. The Morgan fingerprint density at radius 2 is 2.23 bits per heavy atom. The maximum Gasteiger partial charge on any atom is 0.167 e. The molecule has 2 rings (SSSR count). The molecular formula is C10H10N2O. The summed E-state index contributed by atoms with van der Waals surface area (Å²) in [5.41, 5.74) is 7.26. The molecule has 0 saturated heterocycles. The van der Waals surface area contributed by atoms with Gasteiger partial charge < -0.3 is 10.3 Å². The van der Waals surface area contributed by atoms with E-state index in [1.54, 1.807) is 6.08 Å². The summed E-state index contributed by atoms with van der Waals surface area (Å²) < 4.78 is 5.09. The summed E-state index contributed by atoms with van der Waals surface area (Å²) in [6.07, 6.45) is 1.64. The van der Waals surface area contributed by atoms with Crippen LogP contribution in [-0.2, 0) is 0 Å². The third-order valence-electron chi connectivity index (χ3n) is 1.98. The molecule has 0 aliphatic rings. The summed E-state index contributed by atoms with van der Waals surface area (Å²) in [7, 11) is 0. The van der Waals surface area contributed by atoms with Crippen LogP contribution in [0.1, 0.15) is 11.7 Å². The fourth-order valence-electron chi connectivity index (χ4n) is 1.26. The Bertz CT molecular complexity index is 433. The van der Waals surface area contributed by atoms with Crippen LogP contribution >= 0.6 is 0 Å². The van der Waals surface area contributed by atoms with Crippen molar-refractivity contribution in [3.8, 4) is 0 Å². The minimum absolute atomic E-state index is 0.261. The van der Waals surface area contributed by atoms with Crippen LogP contribution in [0, 0.1) is 0 Å². The number of aromatic nitrogens is 1. The van der Waals surface area contributed by atoms with E-state index in [1.807, 2.05) is 24.3 Å². The number of nitrogens with zero attached hydrogens (tertiary/aromatic N) is 1. The van der Waals surface area contributed by atoms with E-state index in [1.165, 1.54) is 0 Å². The first kappa shape index (κ1) is 8.01. The van der Waals surface area contributed by atoms with Gasteiger partial charge in [0.25, 0.3) is 0 Å². The maximum absolute atomic E-state index is 5.76. The van der Waals surface area contributed by atoms with Crippen molar-refractivity contribution in [2.24, 2.45) is 5.73 Å². The molecule has 0 amide bonds. The average molecular weight is 174 g/mol. The lowest BCUT2D eigenvalue weighted by molar-refractivity contribution is 0.443. The molecule has 1 unspecified atom stereocenters. The molecule has 0 radical (unpaired) electrons. The van der Waals surface area contributed by atoms with Crippen molar-refractivity contribution in [1.29, 1.82) is 0 Å². The first-order valence-corrected chi connectivity index (χ1v) is 4.05. The van der Waals surface area contributed by atoms with Gasteiger partial charge in [-0.15, -0.1) is 6.58 Å². The zero-order valence-corrected chi connectivity index (χ0v) is 7.10. The lowest BCUT2D eigenvalue weighted by Gasteiger charge is -1.99. The summed E-state index contributed by atoms with van der Waals surface area (Å²) in [6, 6.07) is 7.37. The zero-order chi connectivity index (χ0) is 9.26. The summed E-state index contributed by atoms with van der Waals surface area (Å²) in [6.45, 7) is 3.62. The quantitative estimate of drug-likeness (QED) is 0.708. The first-order chi connectivity index (χ1) is 6.33. The monoisotopic (exact) mass is 174 g/mol. The molecule has 3 heteroatoms. The van der Waals surface area contributed by atoms with Crippen molar-refractivity contribution in [2.75, 3.05) is 0 Å². The summed E-state index contributed by atoms with van der Waals surface area (Å²) in [5, 5.41) is 4.85. The number of fused-ring (bicyclic) bond motifs is 1. The predicted octanol–water partition coefficient (Wildman–Crippen LogP) is 2.01. The van der Waals surface area contributed by atoms with Gasteiger partial charge >= 0.3 is 0 Å². The minimum Gasteiger partial charge on any atom is -0.356 e. The van der Waals surface area contributed by atoms with Crippen molar-refractivity contribution in [1.82, 2.24) is 5.16 Å². The molecule has 1 atom stereocenters. The molecule has 0 aliphatic carbocycles. The number of rotatable bonds is 2. The average Bonchev–Trinajstić information content (AvgIpc) is 2.60. The van der Waals surface area contributed by atoms with Crippen LogP contribution in [0.3, 0.4) is 0 Å². The van der Waals surface area contributed by atoms with E-state index >= 15 is 0 Å². The van der Waals surface area contributed by atoms with Crippen LogP contribution < -0.4 is 5.73 Å². The van der Waals surface area contributed by atoms with E-state index in [9.17, 15) is 0 Å². The predicted molar refractivity (Wildman–Crippen MR) is 51.1 cm³/mol. The molecule has 2 aromatic rings. The van der Waals surface area contributed by atoms with Crippen molar-refractivity contribution >= 4 is 11.0 Å².